The Morgan fingerprint density at radius 1 is 1.26 bits per heavy atom. The second kappa shape index (κ2) is 6.92. The van der Waals surface area contributed by atoms with Gasteiger partial charge >= 0.3 is 0 Å². The lowest BCUT2D eigenvalue weighted by molar-refractivity contribution is -0.130. The summed E-state index contributed by atoms with van der Waals surface area (Å²) in [4.78, 5) is 13.7. The Hall–Kier alpha value is -1.06. The van der Waals surface area contributed by atoms with Crippen molar-refractivity contribution in [2.75, 3.05) is 13.6 Å². The van der Waals surface area contributed by atoms with E-state index >= 15 is 0 Å². The highest BCUT2D eigenvalue weighted by Gasteiger charge is 2.12. The van der Waals surface area contributed by atoms with Crippen LogP contribution in [0.1, 0.15) is 32.8 Å². The average molecular weight is 283 g/mol. The van der Waals surface area contributed by atoms with E-state index < -0.39 is 0 Å². The number of carbonyl (C=O) groups excluding carboxylic acids is 1. The monoisotopic (exact) mass is 282 g/mol. The van der Waals surface area contributed by atoms with E-state index in [1.807, 2.05) is 31.3 Å². The van der Waals surface area contributed by atoms with Gasteiger partial charge in [-0.1, -0.05) is 23.7 Å². The largest absolute Gasteiger partial charge is 0.341 e. The molecule has 3 nitrogen and oxygen atoms in total. The molecule has 0 aliphatic carbocycles. The van der Waals surface area contributed by atoms with Gasteiger partial charge in [-0.05, 0) is 38.5 Å². The predicted molar refractivity (Wildman–Crippen MR) is 80.3 cm³/mol. The molecule has 1 rings (SSSR count). The number of carbonyl (C=O) groups is 1. The fraction of sp³-hybridized carbons (Fsp3) is 0.533. The molecular weight excluding hydrogens is 260 g/mol. The van der Waals surface area contributed by atoms with Crippen molar-refractivity contribution in [1.82, 2.24) is 10.2 Å². The van der Waals surface area contributed by atoms with Gasteiger partial charge in [-0.15, -0.1) is 0 Å². The zero-order chi connectivity index (χ0) is 14.5. The van der Waals surface area contributed by atoms with Crippen molar-refractivity contribution in [3.63, 3.8) is 0 Å². The first-order valence-electron chi connectivity index (χ1n) is 6.51. The molecule has 0 fully saturated rings. The highest BCUT2D eigenvalue weighted by atomic mass is 35.5. The van der Waals surface area contributed by atoms with Gasteiger partial charge in [-0.3, -0.25) is 4.79 Å². The Morgan fingerprint density at radius 2 is 1.84 bits per heavy atom. The first kappa shape index (κ1) is 16.0. The van der Waals surface area contributed by atoms with Crippen LogP contribution in [-0.2, 0) is 11.3 Å². The number of nitrogens with zero attached hydrogens (tertiary/aromatic N) is 1. The maximum absolute atomic E-state index is 12.0. The van der Waals surface area contributed by atoms with Crippen molar-refractivity contribution >= 4 is 17.5 Å². The zero-order valence-corrected chi connectivity index (χ0v) is 12.9. The normalized spacial score (nSPS) is 11.4. The summed E-state index contributed by atoms with van der Waals surface area (Å²) in [7, 11) is 1.83. The van der Waals surface area contributed by atoms with E-state index in [4.69, 9.17) is 11.6 Å². The minimum Gasteiger partial charge on any atom is -0.341 e. The molecule has 1 aromatic rings. The molecule has 0 aliphatic heterocycles. The van der Waals surface area contributed by atoms with Gasteiger partial charge in [0.1, 0.15) is 0 Å². The van der Waals surface area contributed by atoms with Crippen molar-refractivity contribution in [3.05, 3.63) is 34.9 Å². The molecule has 19 heavy (non-hydrogen) atoms. The van der Waals surface area contributed by atoms with E-state index in [9.17, 15) is 4.79 Å². The smallest absolute Gasteiger partial charge is 0.223 e. The van der Waals surface area contributed by atoms with Gasteiger partial charge in [0.2, 0.25) is 5.91 Å². The van der Waals surface area contributed by atoms with E-state index in [1.165, 1.54) is 0 Å². The number of hydrogen-bond acceptors (Lipinski definition) is 2. The van der Waals surface area contributed by atoms with Crippen LogP contribution in [0.5, 0.6) is 0 Å². The van der Waals surface area contributed by atoms with E-state index in [2.05, 4.69) is 26.1 Å². The Bertz CT molecular complexity index is 409. The number of amides is 1. The molecule has 0 bridgehead atoms. The molecule has 4 heteroatoms. The molecule has 0 saturated carbocycles. The van der Waals surface area contributed by atoms with Crippen LogP contribution in [0.3, 0.4) is 0 Å². The van der Waals surface area contributed by atoms with Crippen molar-refractivity contribution in [3.8, 4) is 0 Å². The second-order valence-corrected chi connectivity index (χ2v) is 6.24. The standard InChI is InChI=1S/C15H23ClN2O/c1-15(2,3)17-10-9-14(19)18(4)11-12-5-7-13(16)8-6-12/h5-8,17H,9-11H2,1-4H3. The lowest BCUT2D eigenvalue weighted by Gasteiger charge is -2.22. The molecule has 0 unspecified atom stereocenters. The van der Waals surface area contributed by atoms with E-state index in [1.54, 1.807) is 4.90 Å². The summed E-state index contributed by atoms with van der Waals surface area (Å²) in [6.45, 7) is 7.59. The second-order valence-electron chi connectivity index (χ2n) is 5.80. The minimum atomic E-state index is 0.0506. The third-order valence-electron chi connectivity index (χ3n) is 2.75. The lowest BCUT2D eigenvalue weighted by atomic mass is 10.1. The van der Waals surface area contributed by atoms with Gasteiger partial charge in [0, 0.05) is 37.1 Å². The summed E-state index contributed by atoms with van der Waals surface area (Å²) in [6.07, 6.45) is 0.515. The van der Waals surface area contributed by atoms with Crippen LogP contribution < -0.4 is 5.32 Å². The highest BCUT2D eigenvalue weighted by Crippen LogP contribution is 2.11. The molecule has 1 N–H and O–H groups in total. The summed E-state index contributed by atoms with van der Waals surface area (Å²) < 4.78 is 0. The molecule has 0 aliphatic rings. The molecule has 0 atom stereocenters. The lowest BCUT2D eigenvalue weighted by Crippen LogP contribution is -2.38. The van der Waals surface area contributed by atoms with Gasteiger partial charge in [0.25, 0.3) is 0 Å². The molecular formula is C15H23ClN2O. The van der Waals surface area contributed by atoms with Crippen LogP contribution in [-0.4, -0.2) is 29.9 Å². The molecule has 1 amide bonds. The van der Waals surface area contributed by atoms with Crippen molar-refractivity contribution in [2.24, 2.45) is 0 Å². The zero-order valence-electron chi connectivity index (χ0n) is 12.2. The van der Waals surface area contributed by atoms with Crippen LogP contribution >= 0.6 is 11.6 Å². The summed E-state index contributed by atoms with van der Waals surface area (Å²) in [5.41, 5.74) is 1.14. The van der Waals surface area contributed by atoms with Gasteiger partial charge < -0.3 is 10.2 Å². The SMILES string of the molecule is CN(Cc1ccc(Cl)cc1)C(=O)CCNC(C)(C)C. The van der Waals surface area contributed by atoms with Crippen LogP contribution in [0.2, 0.25) is 5.02 Å². The van der Waals surface area contributed by atoms with E-state index in [0.29, 0.717) is 24.5 Å². The molecule has 0 spiro atoms. The third-order valence-corrected chi connectivity index (χ3v) is 3.00. The number of halogens is 1. The first-order chi connectivity index (χ1) is 8.78. The fourth-order valence-corrected chi connectivity index (χ4v) is 1.81. The van der Waals surface area contributed by atoms with E-state index in [-0.39, 0.29) is 11.4 Å². The summed E-state index contributed by atoms with van der Waals surface area (Å²) in [5.74, 6) is 0.145. The molecule has 1 aromatic carbocycles. The van der Waals surface area contributed by atoms with Crippen LogP contribution in [0.4, 0.5) is 0 Å². The number of nitrogens with one attached hydrogen (secondary N) is 1. The highest BCUT2D eigenvalue weighted by molar-refractivity contribution is 6.30. The molecule has 0 aromatic heterocycles. The fourth-order valence-electron chi connectivity index (χ4n) is 1.69. The maximum Gasteiger partial charge on any atom is 0.223 e. The van der Waals surface area contributed by atoms with Gasteiger partial charge in [-0.2, -0.15) is 0 Å². The molecule has 0 radical (unpaired) electrons. The maximum atomic E-state index is 12.0. The van der Waals surface area contributed by atoms with Crippen molar-refractivity contribution in [1.29, 1.82) is 0 Å². The van der Waals surface area contributed by atoms with Crippen molar-refractivity contribution < 1.29 is 4.79 Å². The summed E-state index contributed by atoms with van der Waals surface area (Å²) in [5, 5.41) is 4.03. The van der Waals surface area contributed by atoms with Crippen LogP contribution in [0.25, 0.3) is 0 Å². The third kappa shape index (κ3) is 6.60. The Labute approximate surface area is 120 Å². The molecule has 106 valence electrons. The number of benzene rings is 1. The van der Waals surface area contributed by atoms with Crippen LogP contribution in [0, 0.1) is 0 Å². The minimum absolute atomic E-state index is 0.0506. The Kier molecular flexibility index (Phi) is 5.83. The van der Waals surface area contributed by atoms with Crippen LogP contribution in [0.15, 0.2) is 24.3 Å². The Balaban J connectivity index is 2.38. The van der Waals surface area contributed by atoms with Gasteiger partial charge in [-0.25, -0.2) is 0 Å². The number of hydrogen-bond donors (Lipinski definition) is 1. The Morgan fingerprint density at radius 3 is 2.37 bits per heavy atom. The van der Waals surface area contributed by atoms with Gasteiger partial charge in [0.15, 0.2) is 0 Å². The average Bonchev–Trinajstić information content (AvgIpc) is 2.30. The molecule has 0 heterocycles. The van der Waals surface area contributed by atoms with E-state index in [0.717, 1.165) is 5.56 Å². The first-order valence-corrected chi connectivity index (χ1v) is 6.89. The molecule has 0 saturated heterocycles. The predicted octanol–water partition coefficient (Wildman–Crippen LogP) is 3.08. The number of rotatable bonds is 5. The quantitative estimate of drug-likeness (QED) is 0.900. The summed E-state index contributed by atoms with van der Waals surface area (Å²) >= 11 is 5.83. The van der Waals surface area contributed by atoms with Gasteiger partial charge in [0.05, 0.1) is 0 Å². The summed E-state index contributed by atoms with van der Waals surface area (Å²) in [6, 6.07) is 7.58. The topological polar surface area (TPSA) is 32.3 Å². The van der Waals surface area contributed by atoms with Crippen molar-refractivity contribution in [2.45, 2.75) is 39.3 Å².